The number of carbonyl (C=O) groups excluding carboxylic acids is 2. The second-order valence-electron chi connectivity index (χ2n) is 7.08. The number of hydrogen-bond acceptors (Lipinski definition) is 3. The third-order valence-electron chi connectivity index (χ3n) is 4.78. The van der Waals surface area contributed by atoms with Gasteiger partial charge in [-0.05, 0) is 43.2 Å². The first-order valence-corrected chi connectivity index (χ1v) is 9.90. The third-order valence-corrected chi connectivity index (χ3v) is 4.78. The summed E-state index contributed by atoms with van der Waals surface area (Å²) in [6.07, 6.45) is 1.75. The van der Waals surface area contributed by atoms with Crippen LogP contribution in [-0.2, 0) is 11.2 Å². The summed E-state index contributed by atoms with van der Waals surface area (Å²) in [4.78, 5) is 25.9. The predicted octanol–water partition coefficient (Wildman–Crippen LogP) is 3.43. The van der Waals surface area contributed by atoms with Gasteiger partial charge in [-0.3, -0.25) is 14.7 Å². The third kappa shape index (κ3) is 6.01. The minimum atomic E-state index is -0.294. The summed E-state index contributed by atoms with van der Waals surface area (Å²) in [6, 6.07) is 17.1. The van der Waals surface area contributed by atoms with Crippen molar-refractivity contribution in [2.24, 2.45) is 0 Å². The van der Waals surface area contributed by atoms with E-state index in [1.54, 1.807) is 42.3 Å². The number of H-pyrrole nitrogens is 1. The molecule has 0 aliphatic heterocycles. The lowest BCUT2D eigenvalue weighted by Gasteiger charge is -2.17. The summed E-state index contributed by atoms with van der Waals surface area (Å²) in [5.74, 6) is -0.495. The van der Waals surface area contributed by atoms with E-state index >= 15 is 0 Å². The molecule has 2 amide bonds. The van der Waals surface area contributed by atoms with E-state index in [4.69, 9.17) is 0 Å². The average Bonchev–Trinajstić information content (AvgIpc) is 3.23. The lowest BCUT2D eigenvalue weighted by atomic mass is 10.1. The van der Waals surface area contributed by atoms with Gasteiger partial charge < -0.3 is 10.2 Å². The molecule has 0 atom stereocenters. The van der Waals surface area contributed by atoms with Crippen molar-refractivity contribution in [2.75, 3.05) is 20.1 Å². The highest BCUT2D eigenvalue weighted by Gasteiger charge is 2.11. The summed E-state index contributed by atoms with van der Waals surface area (Å²) in [7, 11) is 1.76. The molecule has 0 bridgehead atoms. The first-order valence-electron chi connectivity index (χ1n) is 9.90. The Kier molecular flexibility index (Phi) is 7.32. The number of rotatable bonds is 9. The monoisotopic (exact) mass is 408 g/mol. The fourth-order valence-electron chi connectivity index (χ4n) is 3.08. The molecule has 6 nitrogen and oxygen atoms in total. The Morgan fingerprint density at radius 3 is 2.67 bits per heavy atom. The van der Waals surface area contributed by atoms with Crippen LogP contribution in [0.2, 0.25) is 0 Å². The largest absolute Gasteiger partial charge is 0.352 e. The van der Waals surface area contributed by atoms with Crippen molar-refractivity contribution < 1.29 is 14.0 Å². The molecule has 1 heterocycles. The minimum Gasteiger partial charge on any atom is -0.352 e. The van der Waals surface area contributed by atoms with Gasteiger partial charge in [-0.2, -0.15) is 5.10 Å². The van der Waals surface area contributed by atoms with Gasteiger partial charge in [0.1, 0.15) is 5.82 Å². The Morgan fingerprint density at radius 1 is 1.10 bits per heavy atom. The van der Waals surface area contributed by atoms with Gasteiger partial charge in [0.2, 0.25) is 5.91 Å². The van der Waals surface area contributed by atoms with Crippen molar-refractivity contribution in [3.63, 3.8) is 0 Å². The Balaban J connectivity index is 1.37. The number of aromatic amines is 1. The van der Waals surface area contributed by atoms with Crippen LogP contribution >= 0.6 is 0 Å². The molecule has 0 aliphatic rings. The van der Waals surface area contributed by atoms with Crippen molar-refractivity contribution >= 4 is 11.8 Å². The number of benzene rings is 2. The molecule has 1 aromatic heterocycles. The SMILES string of the molecule is CN(CCCc1cc(-c2cccc(F)c2)n[nH]1)C(=O)CCNC(=O)c1ccccc1. The van der Waals surface area contributed by atoms with Crippen LogP contribution in [0.4, 0.5) is 4.39 Å². The smallest absolute Gasteiger partial charge is 0.251 e. The number of nitrogens with one attached hydrogen (secondary N) is 2. The van der Waals surface area contributed by atoms with Gasteiger partial charge in [0.05, 0.1) is 5.69 Å². The zero-order chi connectivity index (χ0) is 21.3. The van der Waals surface area contributed by atoms with E-state index in [-0.39, 0.29) is 24.1 Å². The van der Waals surface area contributed by atoms with Gasteiger partial charge in [-0.1, -0.05) is 30.3 Å². The first kappa shape index (κ1) is 21.2. The highest BCUT2D eigenvalue weighted by Crippen LogP contribution is 2.19. The highest BCUT2D eigenvalue weighted by molar-refractivity contribution is 5.94. The van der Waals surface area contributed by atoms with Gasteiger partial charge in [0.25, 0.3) is 5.91 Å². The number of hydrogen-bond donors (Lipinski definition) is 2. The second kappa shape index (κ2) is 10.3. The summed E-state index contributed by atoms with van der Waals surface area (Å²) < 4.78 is 13.3. The molecular formula is C23H25FN4O2. The van der Waals surface area contributed by atoms with Crippen molar-refractivity contribution in [1.29, 1.82) is 0 Å². The molecule has 0 radical (unpaired) electrons. The Labute approximate surface area is 175 Å². The number of amides is 2. The number of carbonyl (C=O) groups is 2. The summed E-state index contributed by atoms with van der Waals surface area (Å²) in [6.45, 7) is 0.897. The summed E-state index contributed by atoms with van der Waals surface area (Å²) in [5, 5.41) is 9.96. The maximum atomic E-state index is 13.3. The predicted molar refractivity (Wildman–Crippen MR) is 113 cm³/mol. The maximum absolute atomic E-state index is 13.3. The molecule has 0 saturated carbocycles. The van der Waals surface area contributed by atoms with Crippen LogP contribution in [0.25, 0.3) is 11.3 Å². The lowest BCUT2D eigenvalue weighted by molar-refractivity contribution is -0.129. The van der Waals surface area contributed by atoms with Gasteiger partial charge >= 0.3 is 0 Å². The number of nitrogens with zero attached hydrogens (tertiary/aromatic N) is 2. The molecule has 3 aromatic rings. The van der Waals surface area contributed by atoms with Gasteiger partial charge in [-0.25, -0.2) is 4.39 Å². The average molecular weight is 408 g/mol. The molecule has 2 aromatic carbocycles. The molecule has 2 N–H and O–H groups in total. The Hall–Kier alpha value is -3.48. The van der Waals surface area contributed by atoms with Crippen LogP contribution in [0.5, 0.6) is 0 Å². The van der Waals surface area contributed by atoms with Gasteiger partial charge in [-0.15, -0.1) is 0 Å². The maximum Gasteiger partial charge on any atom is 0.251 e. The van der Waals surface area contributed by atoms with E-state index in [9.17, 15) is 14.0 Å². The van der Waals surface area contributed by atoms with Crippen molar-refractivity contribution in [3.05, 3.63) is 77.7 Å². The second-order valence-corrected chi connectivity index (χ2v) is 7.08. The molecular weight excluding hydrogens is 383 g/mol. The molecule has 156 valence electrons. The zero-order valence-corrected chi connectivity index (χ0v) is 16.9. The van der Waals surface area contributed by atoms with Crippen molar-refractivity contribution in [1.82, 2.24) is 20.4 Å². The zero-order valence-electron chi connectivity index (χ0n) is 16.9. The van der Waals surface area contributed by atoms with Crippen LogP contribution < -0.4 is 5.32 Å². The van der Waals surface area contributed by atoms with Crippen LogP contribution in [-0.4, -0.2) is 47.0 Å². The van der Waals surface area contributed by atoms with Gasteiger partial charge in [0, 0.05) is 43.4 Å². The summed E-state index contributed by atoms with van der Waals surface area (Å²) >= 11 is 0. The van der Waals surface area contributed by atoms with E-state index in [0.29, 0.717) is 24.3 Å². The molecule has 0 spiro atoms. The fourth-order valence-corrected chi connectivity index (χ4v) is 3.08. The molecule has 0 fully saturated rings. The molecule has 3 rings (SSSR count). The number of aromatic nitrogens is 2. The molecule has 0 unspecified atom stereocenters. The van der Waals surface area contributed by atoms with Crippen LogP contribution in [0.1, 0.15) is 28.9 Å². The Morgan fingerprint density at radius 2 is 1.90 bits per heavy atom. The highest BCUT2D eigenvalue weighted by atomic mass is 19.1. The molecule has 7 heteroatoms. The first-order chi connectivity index (χ1) is 14.5. The molecule has 0 aliphatic carbocycles. The van der Waals surface area contributed by atoms with Crippen molar-refractivity contribution in [3.8, 4) is 11.3 Å². The number of halogens is 1. The van der Waals surface area contributed by atoms with Crippen LogP contribution in [0, 0.1) is 5.82 Å². The minimum absolute atomic E-state index is 0.0200. The van der Waals surface area contributed by atoms with E-state index < -0.39 is 0 Å². The van der Waals surface area contributed by atoms with Crippen LogP contribution in [0.15, 0.2) is 60.7 Å². The fraction of sp³-hybridized carbons (Fsp3) is 0.261. The topological polar surface area (TPSA) is 78.1 Å². The lowest BCUT2D eigenvalue weighted by Crippen LogP contribution is -2.32. The van der Waals surface area contributed by atoms with E-state index in [1.807, 2.05) is 18.2 Å². The quantitative estimate of drug-likeness (QED) is 0.569. The standard InChI is InChI=1S/C23H25FN4O2/c1-28(22(29)12-13-25-23(30)17-7-3-2-4-8-17)14-6-11-20-16-21(27-26-20)18-9-5-10-19(24)15-18/h2-5,7-10,15-16H,6,11-14H2,1H3,(H,25,30)(H,26,27). The van der Waals surface area contributed by atoms with Gasteiger partial charge in [0.15, 0.2) is 0 Å². The van der Waals surface area contributed by atoms with Crippen molar-refractivity contribution in [2.45, 2.75) is 19.3 Å². The number of aryl methyl sites for hydroxylation is 1. The molecule has 0 saturated heterocycles. The molecule has 30 heavy (non-hydrogen) atoms. The van der Waals surface area contributed by atoms with Crippen LogP contribution in [0.3, 0.4) is 0 Å². The summed E-state index contributed by atoms with van der Waals surface area (Å²) in [5.41, 5.74) is 2.94. The van der Waals surface area contributed by atoms with E-state index in [1.165, 1.54) is 12.1 Å². The van der Waals surface area contributed by atoms with E-state index in [0.717, 1.165) is 24.1 Å². The Bertz CT molecular complexity index is 988. The van der Waals surface area contributed by atoms with E-state index in [2.05, 4.69) is 15.5 Å². The normalized spacial score (nSPS) is 10.6.